The Labute approximate surface area is 147 Å². The summed E-state index contributed by atoms with van der Waals surface area (Å²) >= 11 is 0. The van der Waals surface area contributed by atoms with Gasteiger partial charge in [0, 0.05) is 24.0 Å². The van der Waals surface area contributed by atoms with Crippen molar-refractivity contribution >= 4 is 5.78 Å². The number of carbonyl (C=O) groups excluding carboxylic acids is 1. The molecule has 0 radical (unpaired) electrons. The van der Waals surface area contributed by atoms with Crippen LogP contribution in [0.2, 0.25) is 0 Å². The zero-order chi connectivity index (χ0) is 18.3. The summed E-state index contributed by atoms with van der Waals surface area (Å²) in [7, 11) is 0. The van der Waals surface area contributed by atoms with Crippen molar-refractivity contribution in [1.82, 2.24) is 0 Å². The molecule has 0 N–H and O–H groups in total. The van der Waals surface area contributed by atoms with Crippen LogP contribution < -0.4 is 4.74 Å². The number of carbonyl (C=O) groups is 1. The minimum Gasteiger partial charge on any atom is -0.461 e. The zero-order valence-electron chi connectivity index (χ0n) is 16.6. The third-order valence-corrected chi connectivity index (χ3v) is 4.70. The van der Waals surface area contributed by atoms with Crippen LogP contribution in [0.1, 0.15) is 84.9 Å². The van der Waals surface area contributed by atoms with Crippen LogP contribution >= 0.6 is 0 Å². The first kappa shape index (κ1) is 18.8. The first-order chi connectivity index (χ1) is 10.9. The number of allylic oxidation sites excluding steroid dienone is 2. The van der Waals surface area contributed by atoms with Gasteiger partial charge in [-0.25, -0.2) is 0 Å². The van der Waals surface area contributed by atoms with Gasteiger partial charge in [0.15, 0.2) is 5.78 Å². The predicted molar refractivity (Wildman–Crippen MR) is 101 cm³/mol. The lowest BCUT2D eigenvalue weighted by molar-refractivity contribution is -0.115. The number of ether oxygens (including phenoxy) is 1. The number of rotatable bonds is 3. The molecule has 0 unspecified atom stereocenters. The van der Waals surface area contributed by atoms with E-state index in [-0.39, 0.29) is 16.6 Å². The standard InChI is InChI=1S/C22H32O2/c1-9-10-19(23)17-12-15-11-16(21(3,4)5)13-18(22(6,7)8)20(15)24-14(17)2/h11,13H,9-10,12H2,1-8H3. The summed E-state index contributed by atoms with van der Waals surface area (Å²) in [5.74, 6) is 1.95. The van der Waals surface area contributed by atoms with Gasteiger partial charge in [-0.2, -0.15) is 0 Å². The van der Waals surface area contributed by atoms with Gasteiger partial charge < -0.3 is 4.74 Å². The molecule has 1 aromatic rings. The van der Waals surface area contributed by atoms with Crippen molar-refractivity contribution < 1.29 is 9.53 Å². The Morgan fingerprint density at radius 3 is 2.21 bits per heavy atom. The van der Waals surface area contributed by atoms with Crippen LogP contribution in [-0.2, 0) is 22.0 Å². The Morgan fingerprint density at radius 1 is 1.08 bits per heavy atom. The van der Waals surface area contributed by atoms with Crippen LogP contribution in [0, 0.1) is 0 Å². The highest BCUT2D eigenvalue weighted by Crippen LogP contribution is 2.42. The lowest BCUT2D eigenvalue weighted by atomic mass is 9.77. The van der Waals surface area contributed by atoms with E-state index in [9.17, 15) is 4.79 Å². The van der Waals surface area contributed by atoms with Crippen molar-refractivity contribution in [3.05, 3.63) is 40.2 Å². The lowest BCUT2D eigenvalue weighted by Crippen LogP contribution is -2.22. The average Bonchev–Trinajstić information content (AvgIpc) is 2.43. The Balaban J connectivity index is 2.59. The highest BCUT2D eigenvalue weighted by Gasteiger charge is 2.30. The molecule has 0 atom stereocenters. The summed E-state index contributed by atoms with van der Waals surface area (Å²) in [6.45, 7) is 17.3. The second-order valence-electron chi connectivity index (χ2n) is 9.00. The maximum atomic E-state index is 12.4. The van der Waals surface area contributed by atoms with Crippen molar-refractivity contribution in [2.45, 2.75) is 85.5 Å². The summed E-state index contributed by atoms with van der Waals surface area (Å²) in [6, 6.07) is 4.52. The number of fused-ring (bicyclic) bond motifs is 1. The highest BCUT2D eigenvalue weighted by molar-refractivity contribution is 5.96. The van der Waals surface area contributed by atoms with Gasteiger partial charge in [0.25, 0.3) is 0 Å². The molecule has 0 saturated heterocycles. The van der Waals surface area contributed by atoms with Crippen molar-refractivity contribution in [2.24, 2.45) is 0 Å². The summed E-state index contributed by atoms with van der Waals surface area (Å²) in [4.78, 5) is 12.4. The van der Waals surface area contributed by atoms with Crippen molar-refractivity contribution in [3.63, 3.8) is 0 Å². The Bertz CT molecular complexity index is 679. The summed E-state index contributed by atoms with van der Waals surface area (Å²) in [5.41, 5.74) is 4.59. The molecule has 0 spiro atoms. The fourth-order valence-corrected chi connectivity index (χ4v) is 3.13. The number of ketones is 1. The molecule has 0 aromatic heterocycles. The Kier molecular flexibility index (Phi) is 4.99. The minimum atomic E-state index is -0.00342. The molecule has 1 heterocycles. The predicted octanol–water partition coefficient (Wildman–Crippen LogP) is 5.86. The second kappa shape index (κ2) is 6.38. The van der Waals surface area contributed by atoms with Crippen LogP contribution in [-0.4, -0.2) is 5.78 Å². The highest BCUT2D eigenvalue weighted by atomic mass is 16.5. The van der Waals surface area contributed by atoms with E-state index >= 15 is 0 Å². The first-order valence-electron chi connectivity index (χ1n) is 9.03. The van der Waals surface area contributed by atoms with Crippen LogP contribution in [0.25, 0.3) is 0 Å². The van der Waals surface area contributed by atoms with Crippen LogP contribution in [0.15, 0.2) is 23.5 Å². The Morgan fingerprint density at radius 2 is 1.71 bits per heavy atom. The zero-order valence-corrected chi connectivity index (χ0v) is 16.6. The molecular formula is C22H32O2. The van der Waals surface area contributed by atoms with Gasteiger partial charge in [0.2, 0.25) is 0 Å². The largest absolute Gasteiger partial charge is 0.461 e. The number of hydrogen-bond donors (Lipinski definition) is 0. The van der Waals surface area contributed by atoms with Crippen LogP contribution in [0.4, 0.5) is 0 Å². The molecule has 0 amide bonds. The fraction of sp³-hybridized carbons (Fsp3) is 0.591. The van der Waals surface area contributed by atoms with E-state index in [1.165, 1.54) is 11.1 Å². The molecule has 0 fully saturated rings. The van der Waals surface area contributed by atoms with Crippen LogP contribution in [0.5, 0.6) is 5.75 Å². The maximum absolute atomic E-state index is 12.4. The van der Waals surface area contributed by atoms with Gasteiger partial charge in [0.05, 0.1) is 0 Å². The van der Waals surface area contributed by atoms with Gasteiger partial charge in [-0.15, -0.1) is 0 Å². The van der Waals surface area contributed by atoms with Crippen LogP contribution in [0.3, 0.4) is 0 Å². The fourth-order valence-electron chi connectivity index (χ4n) is 3.13. The minimum absolute atomic E-state index is 0.00342. The van der Waals surface area contributed by atoms with Crippen molar-refractivity contribution in [3.8, 4) is 5.75 Å². The average molecular weight is 328 g/mol. The number of Topliss-reactive ketones (excluding diaryl/α,β-unsaturated/α-hetero) is 1. The van der Waals surface area contributed by atoms with Gasteiger partial charge in [0.1, 0.15) is 11.5 Å². The Hall–Kier alpha value is -1.57. The van der Waals surface area contributed by atoms with E-state index < -0.39 is 0 Å². The van der Waals surface area contributed by atoms with E-state index in [4.69, 9.17) is 4.74 Å². The third kappa shape index (κ3) is 3.74. The normalized spacial score (nSPS) is 15.2. The molecule has 1 aliphatic heterocycles. The summed E-state index contributed by atoms with van der Waals surface area (Å²) in [6.07, 6.45) is 2.15. The van der Waals surface area contributed by atoms with Gasteiger partial charge in [-0.3, -0.25) is 4.79 Å². The van der Waals surface area contributed by atoms with Gasteiger partial charge in [-0.05, 0) is 35.3 Å². The van der Waals surface area contributed by atoms with E-state index in [1.54, 1.807) is 0 Å². The molecule has 1 aliphatic rings. The molecule has 2 heteroatoms. The maximum Gasteiger partial charge on any atom is 0.162 e. The molecule has 0 saturated carbocycles. The second-order valence-corrected chi connectivity index (χ2v) is 9.00. The van der Waals surface area contributed by atoms with Crippen molar-refractivity contribution in [2.75, 3.05) is 0 Å². The smallest absolute Gasteiger partial charge is 0.162 e. The molecule has 0 bridgehead atoms. The first-order valence-corrected chi connectivity index (χ1v) is 9.03. The van der Waals surface area contributed by atoms with Crippen molar-refractivity contribution in [1.29, 1.82) is 0 Å². The molecule has 2 rings (SSSR count). The molecule has 24 heavy (non-hydrogen) atoms. The third-order valence-electron chi connectivity index (χ3n) is 4.70. The van der Waals surface area contributed by atoms with E-state index in [0.717, 1.165) is 29.1 Å². The SMILES string of the molecule is CCCC(=O)C1=C(C)Oc2c(cc(C(C)(C)C)cc2C(C)(C)C)C1. The molecule has 2 nitrogen and oxygen atoms in total. The number of hydrogen-bond acceptors (Lipinski definition) is 2. The number of benzene rings is 1. The monoisotopic (exact) mass is 328 g/mol. The molecule has 132 valence electrons. The van der Waals surface area contributed by atoms with Gasteiger partial charge >= 0.3 is 0 Å². The molecule has 1 aromatic carbocycles. The topological polar surface area (TPSA) is 26.3 Å². The molecular weight excluding hydrogens is 296 g/mol. The van der Waals surface area contributed by atoms with Gasteiger partial charge in [-0.1, -0.05) is 60.6 Å². The van der Waals surface area contributed by atoms with E-state index in [1.807, 2.05) is 13.8 Å². The quantitative estimate of drug-likeness (QED) is 0.694. The lowest BCUT2D eigenvalue weighted by Gasteiger charge is -2.32. The van der Waals surface area contributed by atoms with E-state index in [0.29, 0.717) is 12.8 Å². The van der Waals surface area contributed by atoms with E-state index in [2.05, 4.69) is 53.7 Å². The summed E-state index contributed by atoms with van der Waals surface area (Å²) < 4.78 is 6.20. The molecule has 0 aliphatic carbocycles. The summed E-state index contributed by atoms with van der Waals surface area (Å²) in [5, 5.41) is 0.